The van der Waals surface area contributed by atoms with Gasteiger partial charge in [0.25, 0.3) is 5.56 Å². The van der Waals surface area contributed by atoms with Crippen molar-refractivity contribution in [3.05, 3.63) is 67.9 Å². The summed E-state index contributed by atoms with van der Waals surface area (Å²) in [6.45, 7) is 6.30. The molecule has 4 aromatic rings. The maximum absolute atomic E-state index is 13.3. The van der Waals surface area contributed by atoms with Crippen molar-refractivity contribution < 1.29 is 0 Å². The lowest BCUT2D eigenvalue weighted by Crippen LogP contribution is -2.30. The Kier molecular flexibility index (Phi) is 4.81. The predicted molar refractivity (Wildman–Crippen MR) is 116 cm³/mol. The van der Waals surface area contributed by atoms with Gasteiger partial charge in [-0.2, -0.15) is 10.2 Å². The van der Waals surface area contributed by atoms with Crippen molar-refractivity contribution in [2.75, 3.05) is 0 Å². The number of halogens is 2. The number of rotatable bonds is 3. The zero-order valence-electron chi connectivity index (χ0n) is 15.6. The fraction of sp³-hybridized carbons (Fsp3) is 0.250. The highest BCUT2D eigenvalue weighted by atomic mass is 35.5. The molecule has 5 nitrogen and oxygen atoms in total. The average Bonchev–Trinajstić information content (AvgIpc) is 3.29. The zero-order chi connectivity index (χ0) is 20.1. The molecule has 0 aliphatic rings. The van der Waals surface area contributed by atoms with Crippen LogP contribution in [0.2, 0.25) is 10.0 Å². The number of fused-ring (bicyclic) bond motifs is 1. The average molecular weight is 433 g/mol. The van der Waals surface area contributed by atoms with Crippen LogP contribution >= 0.6 is 34.5 Å². The van der Waals surface area contributed by atoms with E-state index in [0.717, 1.165) is 21.5 Å². The van der Waals surface area contributed by atoms with Gasteiger partial charge in [-0.05, 0) is 49.9 Å². The molecule has 0 saturated carbocycles. The summed E-state index contributed by atoms with van der Waals surface area (Å²) in [5.41, 5.74) is 1.51. The van der Waals surface area contributed by atoms with Crippen LogP contribution in [0.5, 0.6) is 0 Å². The van der Waals surface area contributed by atoms with Crippen molar-refractivity contribution in [1.82, 2.24) is 19.6 Å². The minimum Gasteiger partial charge on any atom is -0.265 e. The monoisotopic (exact) mass is 432 g/mol. The molecule has 0 bridgehead atoms. The number of benzene rings is 1. The molecule has 1 aromatic carbocycles. The minimum absolute atomic E-state index is 0.200. The highest BCUT2D eigenvalue weighted by Crippen LogP contribution is 2.30. The van der Waals surface area contributed by atoms with Gasteiger partial charge in [0, 0.05) is 10.0 Å². The largest absolute Gasteiger partial charge is 0.293 e. The first-order valence-electron chi connectivity index (χ1n) is 8.73. The van der Waals surface area contributed by atoms with Crippen molar-refractivity contribution in [3.63, 3.8) is 0 Å². The lowest BCUT2D eigenvalue weighted by molar-refractivity contribution is 0.366. The standard InChI is InChI=1S/C20H18Cl2N4OS/c1-20(2,3)26-18-14(10-23-26)17(16-5-4-8-28-16)24-25(19(18)27)11-12-6-7-13(21)9-15(12)22/h4-10H,11H2,1-3H3. The van der Waals surface area contributed by atoms with Crippen molar-refractivity contribution in [2.45, 2.75) is 32.9 Å². The number of hydrogen-bond donors (Lipinski definition) is 0. The van der Waals surface area contributed by atoms with Crippen LogP contribution < -0.4 is 5.56 Å². The lowest BCUT2D eigenvalue weighted by Gasteiger charge is -2.20. The highest BCUT2D eigenvalue weighted by Gasteiger charge is 2.23. The van der Waals surface area contributed by atoms with E-state index in [0.29, 0.717) is 15.6 Å². The van der Waals surface area contributed by atoms with Crippen LogP contribution in [0.15, 0.2) is 46.7 Å². The van der Waals surface area contributed by atoms with E-state index in [9.17, 15) is 4.79 Å². The van der Waals surface area contributed by atoms with E-state index in [-0.39, 0.29) is 17.6 Å². The fourth-order valence-electron chi connectivity index (χ4n) is 3.09. The second kappa shape index (κ2) is 7.03. The Hall–Kier alpha value is -2.15. The van der Waals surface area contributed by atoms with E-state index < -0.39 is 0 Å². The first kappa shape index (κ1) is 19.2. The van der Waals surface area contributed by atoms with E-state index in [4.69, 9.17) is 23.2 Å². The molecule has 8 heteroatoms. The van der Waals surface area contributed by atoms with E-state index in [1.807, 2.05) is 44.4 Å². The van der Waals surface area contributed by atoms with Crippen LogP contribution in [0.4, 0.5) is 0 Å². The predicted octanol–water partition coefficient (Wildman–Crippen LogP) is 5.43. The molecule has 0 saturated heterocycles. The molecule has 3 aromatic heterocycles. The molecule has 0 fully saturated rings. The second-order valence-electron chi connectivity index (χ2n) is 7.51. The second-order valence-corrected chi connectivity index (χ2v) is 9.31. The molecular formula is C20H18Cl2N4OS. The molecule has 0 atom stereocenters. The van der Waals surface area contributed by atoms with Gasteiger partial charge in [-0.3, -0.25) is 9.48 Å². The Morgan fingerprint density at radius 2 is 1.96 bits per heavy atom. The van der Waals surface area contributed by atoms with Gasteiger partial charge >= 0.3 is 0 Å². The van der Waals surface area contributed by atoms with Gasteiger partial charge in [0.05, 0.1) is 28.5 Å². The summed E-state index contributed by atoms with van der Waals surface area (Å²) in [6, 6.07) is 9.19. The topological polar surface area (TPSA) is 52.7 Å². The van der Waals surface area contributed by atoms with Crippen molar-refractivity contribution in [2.24, 2.45) is 0 Å². The maximum atomic E-state index is 13.3. The molecule has 0 unspecified atom stereocenters. The lowest BCUT2D eigenvalue weighted by atomic mass is 10.1. The normalized spacial score (nSPS) is 12.0. The summed E-state index contributed by atoms with van der Waals surface area (Å²) in [6.07, 6.45) is 1.73. The van der Waals surface area contributed by atoms with Crippen LogP contribution in [0.3, 0.4) is 0 Å². The summed E-state index contributed by atoms with van der Waals surface area (Å²) >= 11 is 13.9. The summed E-state index contributed by atoms with van der Waals surface area (Å²) in [5.74, 6) is 0. The third kappa shape index (κ3) is 3.36. The van der Waals surface area contributed by atoms with Crippen LogP contribution in [0.1, 0.15) is 26.3 Å². The van der Waals surface area contributed by atoms with E-state index in [2.05, 4.69) is 10.2 Å². The van der Waals surface area contributed by atoms with Gasteiger partial charge in [0.2, 0.25) is 0 Å². The molecular weight excluding hydrogens is 415 g/mol. The molecule has 0 spiro atoms. The molecule has 0 radical (unpaired) electrons. The number of aromatic nitrogens is 4. The van der Waals surface area contributed by atoms with E-state index in [1.54, 1.807) is 34.3 Å². The SMILES string of the molecule is CC(C)(C)n1ncc2c(-c3cccs3)nn(Cc3ccc(Cl)cc3Cl)c(=O)c21. The zero-order valence-corrected chi connectivity index (χ0v) is 17.9. The van der Waals surface area contributed by atoms with Gasteiger partial charge in [0.1, 0.15) is 11.2 Å². The van der Waals surface area contributed by atoms with Crippen molar-refractivity contribution in [1.29, 1.82) is 0 Å². The molecule has 144 valence electrons. The Labute approximate surface area is 176 Å². The summed E-state index contributed by atoms with van der Waals surface area (Å²) in [7, 11) is 0. The molecule has 0 aliphatic heterocycles. The molecule has 0 N–H and O–H groups in total. The van der Waals surface area contributed by atoms with Crippen LogP contribution in [0.25, 0.3) is 21.5 Å². The van der Waals surface area contributed by atoms with E-state index >= 15 is 0 Å². The van der Waals surface area contributed by atoms with Gasteiger partial charge in [-0.1, -0.05) is 35.3 Å². The van der Waals surface area contributed by atoms with Crippen LogP contribution in [-0.4, -0.2) is 19.6 Å². The molecule has 0 amide bonds. The third-order valence-electron chi connectivity index (χ3n) is 4.41. The van der Waals surface area contributed by atoms with Gasteiger partial charge in [0.15, 0.2) is 0 Å². The highest BCUT2D eigenvalue weighted by molar-refractivity contribution is 7.13. The quantitative estimate of drug-likeness (QED) is 0.433. The molecule has 0 aliphatic carbocycles. The van der Waals surface area contributed by atoms with Gasteiger partial charge in [-0.15, -0.1) is 11.3 Å². The summed E-state index contributed by atoms with van der Waals surface area (Å²) in [5, 5.41) is 13.0. The van der Waals surface area contributed by atoms with Crippen molar-refractivity contribution >= 4 is 45.4 Å². The van der Waals surface area contributed by atoms with Gasteiger partial charge < -0.3 is 0 Å². The van der Waals surface area contributed by atoms with Gasteiger partial charge in [-0.25, -0.2) is 4.68 Å². The first-order valence-corrected chi connectivity index (χ1v) is 10.4. The van der Waals surface area contributed by atoms with Crippen LogP contribution in [-0.2, 0) is 12.1 Å². The number of nitrogens with zero attached hydrogens (tertiary/aromatic N) is 4. The Morgan fingerprint density at radius 3 is 2.61 bits per heavy atom. The molecule has 3 heterocycles. The maximum Gasteiger partial charge on any atom is 0.293 e. The summed E-state index contributed by atoms with van der Waals surface area (Å²) in [4.78, 5) is 14.3. The number of hydrogen-bond acceptors (Lipinski definition) is 4. The van der Waals surface area contributed by atoms with Crippen molar-refractivity contribution in [3.8, 4) is 10.6 Å². The summed E-state index contributed by atoms with van der Waals surface area (Å²) < 4.78 is 3.22. The minimum atomic E-state index is -0.343. The third-order valence-corrected chi connectivity index (χ3v) is 5.87. The Bertz CT molecular complexity index is 1220. The number of thiophene rings is 1. The van der Waals surface area contributed by atoms with E-state index in [1.165, 1.54) is 4.68 Å². The molecule has 4 rings (SSSR count). The fourth-order valence-corrected chi connectivity index (χ4v) is 4.28. The van der Waals surface area contributed by atoms with Crippen LogP contribution in [0, 0.1) is 0 Å². The smallest absolute Gasteiger partial charge is 0.265 e. The Morgan fingerprint density at radius 1 is 1.18 bits per heavy atom. The Balaban J connectivity index is 1.98. The molecule has 28 heavy (non-hydrogen) atoms. The first-order chi connectivity index (χ1) is 13.3.